The van der Waals surface area contributed by atoms with Crippen LogP contribution in [0, 0.1) is 11.3 Å². The van der Waals surface area contributed by atoms with Crippen LogP contribution in [0.2, 0.25) is 0 Å². The van der Waals surface area contributed by atoms with Gasteiger partial charge in [0.1, 0.15) is 0 Å². The highest BCUT2D eigenvalue weighted by atomic mass is 32.2. The number of hydrogen-bond donors (Lipinski definition) is 1. The van der Waals surface area contributed by atoms with Crippen molar-refractivity contribution in [1.29, 1.82) is 0 Å². The highest BCUT2D eigenvalue weighted by molar-refractivity contribution is 7.89. The summed E-state index contributed by atoms with van der Waals surface area (Å²) in [5.74, 6) is 0.366. The molecule has 0 radical (unpaired) electrons. The summed E-state index contributed by atoms with van der Waals surface area (Å²) in [7, 11) is -3.49. The van der Waals surface area contributed by atoms with Crippen molar-refractivity contribution in [1.82, 2.24) is 9.29 Å². The number of sulfonamides is 1. The van der Waals surface area contributed by atoms with Crippen molar-refractivity contribution >= 4 is 10.0 Å². The number of aromatic amines is 1. The van der Waals surface area contributed by atoms with Crippen LogP contribution in [0.4, 0.5) is 0 Å². The molecular formula is C13H20N2O3S. The number of nitrogens with one attached hydrogen (secondary N) is 1. The lowest BCUT2D eigenvalue weighted by Gasteiger charge is -2.26. The second kappa shape index (κ2) is 4.76. The molecule has 1 fully saturated rings. The zero-order chi connectivity index (χ0) is 14.3. The first-order valence-corrected chi connectivity index (χ1v) is 7.84. The van der Waals surface area contributed by atoms with Crippen molar-refractivity contribution in [2.24, 2.45) is 11.3 Å². The van der Waals surface area contributed by atoms with Gasteiger partial charge in [0.2, 0.25) is 15.6 Å². The summed E-state index contributed by atoms with van der Waals surface area (Å²) in [5, 5.41) is 0. The van der Waals surface area contributed by atoms with Gasteiger partial charge < -0.3 is 4.98 Å². The van der Waals surface area contributed by atoms with Crippen LogP contribution in [0.15, 0.2) is 28.0 Å². The Morgan fingerprint density at radius 3 is 2.47 bits per heavy atom. The minimum absolute atomic E-state index is 0.106. The largest absolute Gasteiger partial charge is 0.328 e. The summed E-state index contributed by atoms with van der Waals surface area (Å²) in [5.41, 5.74) is -0.192. The lowest BCUT2D eigenvalue weighted by Crippen LogP contribution is -2.31. The topological polar surface area (TPSA) is 70.2 Å². The monoisotopic (exact) mass is 284 g/mol. The Morgan fingerprint density at radius 2 is 2.00 bits per heavy atom. The van der Waals surface area contributed by atoms with Gasteiger partial charge in [0, 0.05) is 25.4 Å². The van der Waals surface area contributed by atoms with Crippen LogP contribution >= 0.6 is 0 Å². The predicted molar refractivity (Wildman–Crippen MR) is 73.4 cm³/mol. The minimum Gasteiger partial charge on any atom is -0.328 e. The Hall–Kier alpha value is -1.14. The van der Waals surface area contributed by atoms with E-state index in [0.29, 0.717) is 19.0 Å². The second-order valence-electron chi connectivity index (χ2n) is 6.10. The Kier molecular flexibility index (Phi) is 3.57. The number of rotatable bonds is 2. The Morgan fingerprint density at radius 1 is 1.32 bits per heavy atom. The number of nitrogens with zero attached hydrogens (tertiary/aromatic N) is 1. The van der Waals surface area contributed by atoms with E-state index in [9.17, 15) is 13.2 Å². The molecule has 0 aromatic carbocycles. The van der Waals surface area contributed by atoms with Gasteiger partial charge in [0.15, 0.2) is 0 Å². The summed E-state index contributed by atoms with van der Waals surface area (Å²) in [6.07, 6.45) is 2.15. The Bertz CT molecular complexity index is 593. The van der Waals surface area contributed by atoms with Crippen molar-refractivity contribution in [3.63, 3.8) is 0 Å². The lowest BCUT2D eigenvalue weighted by atomic mass is 9.80. The predicted octanol–water partition coefficient (Wildman–Crippen LogP) is 1.43. The van der Waals surface area contributed by atoms with Crippen molar-refractivity contribution in [3.8, 4) is 0 Å². The molecule has 5 nitrogen and oxygen atoms in total. The molecule has 1 saturated heterocycles. The first kappa shape index (κ1) is 14.3. The summed E-state index contributed by atoms with van der Waals surface area (Å²) in [6, 6.07) is 2.60. The van der Waals surface area contributed by atoms with Crippen LogP contribution in [0.3, 0.4) is 0 Å². The Balaban J connectivity index is 2.23. The van der Waals surface area contributed by atoms with Crippen molar-refractivity contribution in [3.05, 3.63) is 28.7 Å². The van der Waals surface area contributed by atoms with E-state index in [1.807, 2.05) is 0 Å². The third-order valence-electron chi connectivity index (χ3n) is 3.77. The smallest absolute Gasteiger partial charge is 0.247 e. The van der Waals surface area contributed by atoms with Gasteiger partial charge in [0.05, 0.1) is 4.90 Å². The molecule has 0 spiro atoms. The van der Waals surface area contributed by atoms with Gasteiger partial charge in [-0.25, -0.2) is 8.42 Å². The first-order valence-electron chi connectivity index (χ1n) is 6.40. The highest BCUT2D eigenvalue weighted by Gasteiger charge is 2.37. The quantitative estimate of drug-likeness (QED) is 0.893. The standard InChI is InChI=1S/C13H20N2O3S/c1-13(2,3)10-6-7-15(9-10)19(17,18)11-4-5-12(16)14-8-11/h4-5,8,10H,6-7,9H2,1-3H3,(H,14,16). The molecular weight excluding hydrogens is 264 g/mol. The van der Waals surface area contributed by atoms with E-state index < -0.39 is 10.0 Å². The molecule has 19 heavy (non-hydrogen) atoms. The molecule has 1 aliphatic rings. The summed E-state index contributed by atoms with van der Waals surface area (Å²) in [4.78, 5) is 13.6. The van der Waals surface area contributed by atoms with Crippen LogP contribution in [0.1, 0.15) is 27.2 Å². The number of aromatic nitrogens is 1. The van der Waals surface area contributed by atoms with Crippen LogP contribution in [0.5, 0.6) is 0 Å². The van der Waals surface area contributed by atoms with Gasteiger partial charge in [-0.05, 0) is 23.8 Å². The maximum Gasteiger partial charge on any atom is 0.247 e. The van der Waals surface area contributed by atoms with E-state index in [0.717, 1.165) is 6.42 Å². The Labute approximate surface area is 113 Å². The molecule has 1 aromatic heterocycles. The number of H-pyrrole nitrogens is 1. The van der Waals surface area contributed by atoms with Gasteiger partial charge in [-0.2, -0.15) is 4.31 Å². The lowest BCUT2D eigenvalue weighted by molar-refractivity contribution is 0.252. The SMILES string of the molecule is CC(C)(C)C1CCN(S(=O)(=O)c2ccc(=O)[nH]c2)C1. The van der Waals surface area contributed by atoms with E-state index >= 15 is 0 Å². The van der Waals surface area contributed by atoms with E-state index in [-0.39, 0.29) is 15.9 Å². The molecule has 1 aliphatic heterocycles. The molecule has 0 amide bonds. The molecule has 2 rings (SSSR count). The van der Waals surface area contributed by atoms with Crippen molar-refractivity contribution < 1.29 is 8.42 Å². The highest BCUT2D eigenvalue weighted by Crippen LogP contribution is 2.35. The van der Waals surface area contributed by atoms with Gasteiger partial charge >= 0.3 is 0 Å². The van der Waals surface area contributed by atoms with Crippen molar-refractivity contribution in [2.45, 2.75) is 32.1 Å². The maximum absolute atomic E-state index is 12.4. The average Bonchev–Trinajstić information content (AvgIpc) is 2.79. The third-order valence-corrected chi connectivity index (χ3v) is 5.63. The molecule has 1 unspecified atom stereocenters. The summed E-state index contributed by atoms with van der Waals surface area (Å²) < 4.78 is 26.4. The van der Waals surface area contributed by atoms with E-state index in [1.165, 1.54) is 22.6 Å². The fraction of sp³-hybridized carbons (Fsp3) is 0.615. The zero-order valence-electron chi connectivity index (χ0n) is 11.5. The number of pyridine rings is 1. The second-order valence-corrected chi connectivity index (χ2v) is 8.04. The third kappa shape index (κ3) is 2.90. The fourth-order valence-corrected chi connectivity index (χ4v) is 3.83. The van der Waals surface area contributed by atoms with Gasteiger partial charge in [-0.3, -0.25) is 4.79 Å². The van der Waals surface area contributed by atoms with Crippen LogP contribution in [-0.4, -0.2) is 30.8 Å². The molecule has 6 heteroatoms. The van der Waals surface area contributed by atoms with Gasteiger partial charge in [-0.15, -0.1) is 0 Å². The molecule has 0 bridgehead atoms. The van der Waals surface area contributed by atoms with E-state index in [4.69, 9.17) is 0 Å². The molecule has 0 saturated carbocycles. The van der Waals surface area contributed by atoms with Gasteiger partial charge in [-0.1, -0.05) is 20.8 Å². The van der Waals surface area contributed by atoms with Crippen molar-refractivity contribution in [2.75, 3.05) is 13.1 Å². The molecule has 1 aromatic rings. The normalized spacial score (nSPS) is 21.7. The van der Waals surface area contributed by atoms with Crippen LogP contribution < -0.4 is 5.56 Å². The minimum atomic E-state index is -3.49. The molecule has 106 valence electrons. The van der Waals surface area contributed by atoms with Gasteiger partial charge in [0.25, 0.3) is 0 Å². The fourth-order valence-electron chi connectivity index (χ4n) is 2.36. The van der Waals surface area contributed by atoms with Crippen LogP contribution in [-0.2, 0) is 10.0 Å². The molecule has 1 atom stereocenters. The zero-order valence-corrected chi connectivity index (χ0v) is 12.3. The average molecular weight is 284 g/mol. The first-order chi connectivity index (χ1) is 8.71. The molecule has 1 N–H and O–H groups in total. The molecule has 2 heterocycles. The number of hydrogen-bond acceptors (Lipinski definition) is 3. The maximum atomic E-state index is 12.4. The summed E-state index contributed by atoms with van der Waals surface area (Å²) >= 11 is 0. The van der Waals surface area contributed by atoms with Crippen LogP contribution in [0.25, 0.3) is 0 Å². The molecule has 0 aliphatic carbocycles. The van der Waals surface area contributed by atoms with E-state index in [1.54, 1.807) is 0 Å². The van der Waals surface area contributed by atoms with E-state index in [2.05, 4.69) is 25.8 Å². The summed E-state index contributed by atoms with van der Waals surface area (Å²) in [6.45, 7) is 7.49.